The zero-order chi connectivity index (χ0) is 16.6. The maximum Gasteiger partial charge on any atom is 0.330 e. The number of amides is 1. The number of anilines is 1. The number of benzene rings is 1. The fourth-order valence-corrected chi connectivity index (χ4v) is 2.77. The number of aryl methyl sites for hydroxylation is 1. The van der Waals surface area contributed by atoms with Gasteiger partial charge in [-0.3, -0.25) is 14.2 Å². The number of nitrogens with zero attached hydrogens (tertiary/aromatic N) is 3. The summed E-state index contributed by atoms with van der Waals surface area (Å²) in [5.41, 5.74) is 1.55. The molecular formula is C17H17N3O3. The van der Waals surface area contributed by atoms with E-state index in [1.54, 1.807) is 11.9 Å². The molecule has 6 heteroatoms. The van der Waals surface area contributed by atoms with Crippen LogP contribution in [0, 0.1) is 0 Å². The van der Waals surface area contributed by atoms with Gasteiger partial charge in [0.25, 0.3) is 11.5 Å². The highest BCUT2D eigenvalue weighted by Gasteiger charge is 2.22. The summed E-state index contributed by atoms with van der Waals surface area (Å²) in [6.45, 7) is 0.633. The molecular weight excluding hydrogens is 294 g/mol. The van der Waals surface area contributed by atoms with Crippen LogP contribution in [0.25, 0.3) is 6.08 Å². The highest BCUT2D eigenvalue weighted by molar-refractivity contribution is 6.05. The Balaban J connectivity index is 1.89. The van der Waals surface area contributed by atoms with Crippen molar-refractivity contribution in [2.24, 2.45) is 14.1 Å². The number of carbonyl (C=O) groups excluding carboxylic acids is 1. The van der Waals surface area contributed by atoms with Gasteiger partial charge in [-0.2, -0.15) is 0 Å². The second-order valence-corrected chi connectivity index (χ2v) is 5.54. The summed E-state index contributed by atoms with van der Waals surface area (Å²) >= 11 is 0. The molecule has 3 rings (SSSR count). The molecule has 0 bridgehead atoms. The first kappa shape index (κ1) is 15.0. The van der Waals surface area contributed by atoms with Gasteiger partial charge < -0.3 is 9.47 Å². The minimum absolute atomic E-state index is 0.175. The van der Waals surface area contributed by atoms with E-state index in [9.17, 15) is 14.4 Å². The SMILES string of the molecule is Cn1cc(/C=C/C(=O)N2CCc3ccccc32)c(=O)n(C)c1=O. The maximum absolute atomic E-state index is 12.4. The number of fused-ring (bicyclic) bond motifs is 1. The summed E-state index contributed by atoms with van der Waals surface area (Å²) in [5.74, 6) is -0.175. The quantitative estimate of drug-likeness (QED) is 0.767. The lowest BCUT2D eigenvalue weighted by molar-refractivity contribution is -0.114. The van der Waals surface area contributed by atoms with E-state index in [0.29, 0.717) is 12.1 Å². The molecule has 0 aliphatic carbocycles. The average Bonchev–Trinajstić information content (AvgIpc) is 2.99. The Bertz CT molecular complexity index is 921. The van der Waals surface area contributed by atoms with Crippen molar-refractivity contribution in [1.82, 2.24) is 9.13 Å². The molecule has 0 unspecified atom stereocenters. The number of para-hydroxylation sites is 1. The zero-order valence-corrected chi connectivity index (χ0v) is 13.0. The van der Waals surface area contributed by atoms with E-state index < -0.39 is 11.2 Å². The summed E-state index contributed by atoms with van der Waals surface area (Å²) < 4.78 is 2.34. The number of rotatable bonds is 2. The van der Waals surface area contributed by atoms with Crippen LogP contribution in [-0.2, 0) is 25.3 Å². The van der Waals surface area contributed by atoms with Crippen molar-refractivity contribution in [3.63, 3.8) is 0 Å². The lowest BCUT2D eigenvalue weighted by atomic mass is 10.2. The topological polar surface area (TPSA) is 64.3 Å². The second kappa shape index (κ2) is 5.72. The van der Waals surface area contributed by atoms with Crippen LogP contribution in [0.5, 0.6) is 0 Å². The van der Waals surface area contributed by atoms with Gasteiger partial charge in [-0.15, -0.1) is 0 Å². The minimum atomic E-state index is -0.418. The van der Waals surface area contributed by atoms with Crippen LogP contribution in [-0.4, -0.2) is 21.6 Å². The highest BCUT2D eigenvalue weighted by Crippen LogP contribution is 2.27. The van der Waals surface area contributed by atoms with Gasteiger partial charge in [-0.1, -0.05) is 18.2 Å². The van der Waals surface area contributed by atoms with E-state index >= 15 is 0 Å². The Kier molecular flexibility index (Phi) is 3.73. The number of carbonyl (C=O) groups is 1. The fourth-order valence-electron chi connectivity index (χ4n) is 2.77. The van der Waals surface area contributed by atoms with Crippen molar-refractivity contribution in [3.05, 3.63) is 68.5 Å². The van der Waals surface area contributed by atoms with E-state index in [0.717, 1.165) is 22.2 Å². The smallest absolute Gasteiger partial charge is 0.308 e. The molecule has 0 atom stereocenters. The molecule has 0 spiro atoms. The first-order valence-corrected chi connectivity index (χ1v) is 7.33. The number of aromatic nitrogens is 2. The molecule has 0 radical (unpaired) electrons. The minimum Gasteiger partial charge on any atom is -0.308 e. The number of hydrogen-bond donors (Lipinski definition) is 0. The van der Waals surface area contributed by atoms with Gasteiger partial charge in [0.2, 0.25) is 0 Å². The molecule has 1 aromatic heterocycles. The van der Waals surface area contributed by atoms with Gasteiger partial charge in [0.1, 0.15) is 0 Å². The van der Waals surface area contributed by atoms with Crippen LogP contribution in [0.2, 0.25) is 0 Å². The third-order valence-corrected chi connectivity index (χ3v) is 4.03. The fraction of sp³-hybridized carbons (Fsp3) is 0.235. The third kappa shape index (κ3) is 2.63. The Morgan fingerprint density at radius 1 is 1.17 bits per heavy atom. The number of hydrogen-bond acceptors (Lipinski definition) is 3. The Morgan fingerprint density at radius 2 is 1.91 bits per heavy atom. The van der Waals surface area contributed by atoms with Gasteiger partial charge in [-0.05, 0) is 24.1 Å². The van der Waals surface area contributed by atoms with E-state index in [1.807, 2.05) is 24.3 Å². The van der Waals surface area contributed by atoms with Crippen molar-refractivity contribution >= 4 is 17.7 Å². The average molecular weight is 311 g/mol. The van der Waals surface area contributed by atoms with Gasteiger partial charge >= 0.3 is 5.69 Å². The molecule has 0 saturated heterocycles. The van der Waals surface area contributed by atoms with Crippen molar-refractivity contribution in [2.45, 2.75) is 6.42 Å². The molecule has 1 amide bonds. The molecule has 1 aliphatic heterocycles. The molecule has 23 heavy (non-hydrogen) atoms. The van der Waals surface area contributed by atoms with Crippen LogP contribution in [0.1, 0.15) is 11.1 Å². The predicted molar refractivity (Wildman–Crippen MR) is 88.5 cm³/mol. The van der Waals surface area contributed by atoms with Crippen molar-refractivity contribution < 1.29 is 4.79 Å². The van der Waals surface area contributed by atoms with Crippen LogP contribution in [0.15, 0.2) is 46.1 Å². The molecule has 1 aromatic carbocycles. The van der Waals surface area contributed by atoms with Crippen LogP contribution in [0.4, 0.5) is 5.69 Å². The second-order valence-electron chi connectivity index (χ2n) is 5.54. The molecule has 118 valence electrons. The molecule has 0 fully saturated rings. The molecule has 2 heterocycles. The van der Waals surface area contributed by atoms with Gasteiger partial charge in [0.15, 0.2) is 0 Å². The molecule has 1 aliphatic rings. The third-order valence-electron chi connectivity index (χ3n) is 4.03. The van der Waals surface area contributed by atoms with Gasteiger partial charge in [0, 0.05) is 38.6 Å². The van der Waals surface area contributed by atoms with Crippen molar-refractivity contribution in [3.8, 4) is 0 Å². The van der Waals surface area contributed by atoms with E-state index in [1.165, 1.54) is 30.0 Å². The normalized spacial score (nSPS) is 13.6. The Labute approximate surface area is 132 Å². The lowest BCUT2D eigenvalue weighted by Crippen LogP contribution is -2.37. The first-order valence-electron chi connectivity index (χ1n) is 7.33. The summed E-state index contributed by atoms with van der Waals surface area (Å²) in [6, 6.07) is 7.78. The van der Waals surface area contributed by atoms with Crippen LogP contribution >= 0.6 is 0 Å². The van der Waals surface area contributed by atoms with Crippen LogP contribution < -0.4 is 16.1 Å². The highest BCUT2D eigenvalue weighted by atomic mass is 16.2. The summed E-state index contributed by atoms with van der Waals surface area (Å²) in [5, 5.41) is 0. The summed E-state index contributed by atoms with van der Waals surface area (Å²) in [6.07, 6.45) is 5.11. The molecule has 6 nitrogen and oxygen atoms in total. The standard InChI is InChI=1S/C17H17N3O3/c1-18-11-13(16(22)19(2)17(18)23)7-8-15(21)20-10-9-12-5-3-4-6-14(12)20/h3-8,11H,9-10H2,1-2H3/b8-7+. The zero-order valence-electron chi connectivity index (χ0n) is 13.0. The Hall–Kier alpha value is -2.89. The van der Waals surface area contributed by atoms with E-state index in [-0.39, 0.29) is 5.91 Å². The summed E-state index contributed by atoms with van der Waals surface area (Å²) in [7, 11) is 2.98. The lowest BCUT2D eigenvalue weighted by Gasteiger charge is -2.14. The largest absolute Gasteiger partial charge is 0.330 e. The predicted octanol–water partition coefficient (Wildman–Crippen LogP) is 0.687. The van der Waals surface area contributed by atoms with Crippen molar-refractivity contribution in [2.75, 3.05) is 11.4 Å². The van der Waals surface area contributed by atoms with E-state index in [2.05, 4.69) is 0 Å². The van der Waals surface area contributed by atoms with Crippen LogP contribution in [0.3, 0.4) is 0 Å². The molecule has 2 aromatic rings. The Morgan fingerprint density at radius 3 is 2.70 bits per heavy atom. The van der Waals surface area contributed by atoms with E-state index in [4.69, 9.17) is 0 Å². The molecule has 0 N–H and O–H groups in total. The first-order chi connectivity index (χ1) is 11.0. The maximum atomic E-state index is 12.4. The van der Waals surface area contributed by atoms with Crippen molar-refractivity contribution in [1.29, 1.82) is 0 Å². The molecule has 0 saturated carbocycles. The monoisotopic (exact) mass is 311 g/mol. The van der Waals surface area contributed by atoms with Gasteiger partial charge in [0.05, 0.1) is 5.56 Å². The summed E-state index contributed by atoms with van der Waals surface area (Å²) in [4.78, 5) is 37.8. The van der Waals surface area contributed by atoms with Gasteiger partial charge in [-0.25, -0.2) is 4.79 Å².